The number of nitrogens with two attached hydrogens (primary N) is 1. The molecule has 0 bridgehead atoms. The van der Waals surface area contributed by atoms with E-state index in [1.807, 2.05) is 13.8 Å². The molecule has 35 heavy (non-hydrogen) atoms. The maximum atomic E-state index is 13.4. The van der Waals surface area contributed by atoms with Crippen LogP contribution in [0.25, 0.3) is 10.2 Å². The second-order valence-electron chi connectivity index (χ2n) is 8.38. The Morgan fingerprint density at radius 1 is 1.31 bits per heavy atom. The van der Waals surface area contributed by atoms with Gasteiger partial charge in [-0.05, 0) is 66.2 Å². The monoisotopic (exact) mass is 563 g/mol. The molecule has 0 aromatic carbocycles. The number of thiophene rings is 1. The number of primary amides is 1. The third kappa shape index (κ3) is 4.33. The molecular formula is C22H20BrF2N7O2S. The Morgan fingerprint density at radius 2 is 2.06 bits per heavy atom. The number of aryl methyl sites for hydroxylation is 1. The van der Waals surface area contributed by atoms with Crippen LogP contribution < -0.4 is 11.1 Å². The minimum Gasteiger partial charge on any atom is -0.365 e. The topological polar surface area (TPSA) is 121 Å². The number of carbonyl (C=O) groups is 2. The Balaban J connectivity index is 1.48. The Labute approximate surface area is 210 Å². The predicted octanol–water partition coefficient (Wildman–Crippen LogP) is 4.74. The van der Waals surface area contributed by atoms with E-state index in [2.05, 4.69) is 36.4 Å². The van der Waals surface area contributed by atoms with Crippen LogP contribution in [0.4, 0.5) is 14.5 Å². The fourth-order valence-corrected chi connectivity index (χ4v) is 5.26. The average Bonchev–Trinajstić information content (AvgIpc) is 3.37. The van der Waals surface area contributed by atoms with E-state index in [9.17, 15) is 18.4 Å². The summed E-state index contributed by atoms with van der Waals surface area (Å²) in [5, 5.41) is 12.0. The zero-order valence-corrected chi connectivity index (χ0v) is 21.1. The lowest BCUT2D eigenvalue weighted by Gasteiger charge is -2.09. The van der Waals surface area contributed by atoms with Crippen LogP contribution in [0.5, 0.6) is 0 Å². The van der Waals surface area contributed by atoms with Gasteiger partial charge in [-0.2, -0.15) is 10.2 Å². The quantitative estimate of drug-likeness (QED) is 0.336. The van der Waals surface area contributed by atoms with Gasteiger partial charge < -0.3 is 11.1 Å². The van der Waals surface area contributed by atoms with E-state index in [0.717, 1.165) is 40.0 Å². The van der Waals surface area contributed by atoms with Crippen LogP contribution in [0.15, 0.2) is 22.8 Å². The summed E-state index contributed by atoms with van der Waals surface area (Å²) in [7, 11) is 0. The summed E-state index contributed by atoms with van der Waals surface area (Å²) in [5.41, 5.74) is 7.91. The van der Waals surface area contributed by atoms with Gasteiger partial charge in [0.1, 0.15) is 22.1 Å². The van der Waals surface area contributed by atoms with Crippen LogP contribution in [-0.2, 0) is 6.67 Å². The fourth-order valence-electron chi connectivity index (χ4n) is 3.96. The SMILES string of the molecule is Cc1nn(Cn2ccc(C(=O)Nc3c(C(N)=O)sc4nc(C(F)F)cc(C5CC5)c34)n2)c(C)c1Br. The Morgan fingerprint density at radius 3 is 2.66 bits per heavy atom. The highest BCUT2D eigenvalue weighted by atomic mass is 79.9. The average molecular weight is 564 g/mol. The normalized spacial score (nSPS) is 13.7. The molecule has 4 aromatic heterocycles. The zero-order chi connectivity index (χ0) is 25.0. The highest BCUT2D eigenvalue weighted by molar-refractivity contribution is 9.10. The fraction of sp³-hybridized carbons (Fsp3) is 0.318. The number of alkyl halides is 2. The summed E-state index contributed by atoms with van der Waals surface area (Å²) in [6.45, 7) is 4.09. The molecule has 4 heterocycles. The Bertz CT molecular complexity index is 1490. The van der Waals surface area contributed by atoms with Crippen molar-refractivity contribution in [2.45, 2.75) is 45.7 Å². The molecule has 5 rings (SSSR count). The molecule has 0 saturated heterocycles. The van der Waals surface area contributed by atoms with Gasteiger partial charge in [0, 0.05) is 11.6 Å². The first-order chi connectivity index (χ1) is 16.6. The molecule has 1 aliphatic rings. The van der Waals surface area contributed by atoms with Crippen LogP contribution >= 0.6 is 27.3 Å². The second kappa shape index (κ2) is 8.79. The number of halogens is 3. The molecule has 2 amide bonds. The molecule has 182 valence electrons. The number of nitrogens with one attached hydrogen (secondary N) is 1. The van der Waals surface area contributed by atoms with Gasteiger partial charge in [0.15, 0.2) is 5.69 Å². The molecule has 13 heteroatoms. The minimum absolute atomic E-state index is 0.0566. The number of fused-ring (bicyclic) bond motifs is 1. The summed E-state index contributed by atoms with van der Waals surface area (Å²) in [6, 6.07) is 2.91. The van der Waals surface area contributed by atoms with E-state index in [0.29, 0.717) is 17.6 Å². The lowest BCUT2D eigenvalue weighted by atomic mass is 10.0. The maximum absolute atomic E-state index is 13.4. The number of anilines is 1. The summed E-state index contributed by atoms with van der Waals surface area (Å²) >= 11 is 4.38. The third-order valence-corrected chi connectivity index (χ3v) is 8.11. The number of amides is 2. The van der Waals surface area contributed by atoms with Crippen molar-refractivity contribution in [3.63, 3.8) is 0 Å². The number of nitrogens with zero attached hydrogens (tertiary/aromatic N) is 5. The number of aromatic nitrogens is 5. The number of rotatable bonds is 7. The molecule has 1 fully saturated rings. The van der Waals surface area contributed by atoms with Gasteiger partial charge in [0.05, 0.1) is 21.5 Å². The first-order valence-corrected chi connectivity index (χ1v) is 12.3. The van der Waals surface area contributed by atoms with Gasteiger partial charge in [-0.15, -0.1) is 11.3 Å². The lowest BCUT2D eigenvalue weighted by molar-refractivity contribution is 0.100. The van der Waals surface area contributed by atoms with Crippen molar-refractivity contribution in [3.05, 3.63) is 56.0 Å². The van der Waals surface area contributed by atoms with Gasteiger partial charge in [-0.1, -0.05) is 0 Å². The van der Waals surface area contributed by atoms with Gasteiger partial charge in [-0.25, -0.2) is 18.4 Å². The number of hydrogen-bond acceptors (Lipinski definition) is 6. The van der Waals surface area contributed by atoms with Crippen LogP contribution in [0.3, 0.4) is 0 Å². The summed E-state index contributed by atoms with van der Waals surface area (Å²) < 4.78 is 31.1. The number of pyridine rings is 1. The highest BCUT2D eigenvalue weighted by Crippen LogP contribution is 2.48. The summed E-state index contributed by atoms with van der Waals surface area (Å²) in [5.74, 6) is -1.26. The standard InChI is InChI=1S/C22H20BrF2N7O2S/c1-9-16(23)10(2)32(29-9)8-31-6-5-13(30-31)21(34)28-17-15-12(11-3-4-11)7-14(19(24)25)27-22(15)35-18(17)20(26)33/h5-7,11,19H,3-4,8H2,1-2H3,(H2,26,33)(H,28,34). The van der Waals surface area contributed by atoms with Crippen molar-refractivity contribution in [1.29, 1.82) is 0 Å². The van der Waals surface area contributed by atoms with E-state index < -0.39 is 18.2 Å². The van der Waals surface area contributed by atoms with Gasteiger partial charge in [0.2, 0.25) is 0 Å². The lowest BCUT2D eigenvalue weighted by Crippen LogP contribution is -2.18. The Hall–Kier alpha value is -3.19. The van der Waals surface area contributed by atoms with Crippen LogP contribution in [-0.4, -0.2) is 36.4 Å². The molecule has 0 aliphatic heterocycles. The molecule has 4 aromatic rings. The maximum Gasteiger partial charge on any atom is 0.280 e. The smallest absolute Gasteiger partial charge is 0.280 e. The predicted molar refractivity (Wildman–Crippen MR) is 130 cm³/mol. The minimum atomic E-state index is -2.75. The van der Waals surface area contributed by atoms with Crippen molar-refractivity contribution in [2.75, 3.05) is 5.32 Å². The van der Waals surface area contributed by atoms with Crippen molar-refractivity contribution in [3.8, 4) is 0 Å². The molecule has 0 unspecified atom stereocenters. The van der Waals surface area contributed by atoms with Crippen LogP contribution in [0, 0.1) is 13.8 Å². The van der Waals surface area contributed by atoms with Crippen molar-refractivity contribution >= 4 is 55.0 Å². The molecular weight excluding hydrogens is 544 g/mol. The largest absolute Gasteiger partial charge is 0.365 e. The molecule has 3 N–H and O–H groups in total. The number of carbonyl (C=O) groups excluding carboxylic acids is 2. The third-order valence-electron chi connectivity index (χ3n) is 5.86. The van der Waals surface area contributed by atoms with Gasteiger partial charge >= 0.3 is 0 Å². The first kappa shape index (κ1) is 23.5. The van der Waals surface area contributed by atoms with Gasteiger partial charge in [0.25, 0.3) is 18.2 Å². The van der Waals surface area contributed by atoms with Crippen molar-refractivity contribution < 1.29 is 18.4 Å². The first-order valence-electron chi connectivity index (χ1n) is 10.7. The van der Waals surface area contributed by atoms with E-state index >= 15 is 0 Å². The van der Waals surface area contributed by atoms with Crippen molar-refractivity contribution in [2.24, 2.45) is 5.73 Å². The highest BCUT2D eigenvalue weighted by Gasteiger charge is 2.32. The van der Waals surface area contributed by atoms with E-state index in [4.69, 9.17) is 5.73 Å². The van der Waals surface area contributed by atoms with E-state index in [-0.39, 0.29) is 32.7 Å². The summed E-state index contributed by atoms with van der Waals surface area (Å²) in [4.78, 5) is 29.6. The van der Waals surface area contributed by atoms with Gasteiger partial charge in [-0.3, -0.25) is 14.3 Å². The number of hydrogen-bond donors (Lipinski definition) is 2. The zero-order valence-electron chi connectivity index (χ0n) is 18.7. The van der Waals surface area contributed by atoms with Crippen LogP contribution in [0.1, 0.15) is 68.0 Å². The van der Waals surface area contributed by atoms with Crippen LogP contribution in [0.2, 0.25) is 0 Å². The molecule has 9 nitrogen and oxygen atoms in total. The Kier molecular flexibility index (Phi) is 5.91. The second-order valence-corrected chi connectivity index (χ2v) is 10.2. The molecule has 1 aliphatic carbocycles. The summed E-state index contributed by atoms with van der Waals surface area (Å²) in [6.07, 6.45) is 0.570. The van der Waals surface area contributed by atoms with E-state index in [1.54, 1.807) is 21.6 Å². The van der Waals surface area contributed by atoms with E-state index in [1.165, 1.54) is 6.07 Å². The molecule has 1 saturated carbocycles. The molecule has 0 atom stereocenters. The molecule has 0 radical (unpaired) electrons. The van der Waals surface area contributed by atoms with Crippen molar-refractivity contribution in [1.82, 2.24) is 24.5 Å². The molecule has 0 spiro atoms.